The SMILES string of the molecule is CC1=C(/C=C/c2cc(=O)[nH]c(N)n2)C(C)(C)CCC1. The Kier molecular flexibility index (Phi) is 3.60. The first-order valence-electron chi connectivity index (χ1n) is 6.64. The van der Waals surface area contributed by atoms with Gasteiger partial charge in [-0.15, -0.1) is 0 Å². The predicted octanol–water partition coefficient (Wildman–Crippen LogP) is 2.89. The van der Waals surface area contributed by atoms with Crippen LogP contribution in [0, 0.1) is 5.41 Å². The van der Waals surface area contributed by atoms with Gasteiger partial charge in [-0.25, -0.2) is 4.98 Å². The molecule has 4 nitrogen and oxygen atoms in total. The number of aromatic amines is 1. The molecular weight excluding hydrogens is 238 g/mol. The summed E-state index contributed by atoms with van der Waals surface area (Å²) < 4.78 is 0. The zero-order valence-corrected chi connectivity index (χ0v) is 11.8. The highest BCUT2D eigenvalue weighted by Gasteiger charge is 2.26. The van der Waals surface area contributed by atoms with Crippen molar-refractivity contribution in [3.63, 3.8) is 0 Å². The number of allylic oxidation sites excluding steroid dienone is 3. The molecule has 4 heteroatoms. The van der Waals surface area contributed by atoms with E-state index in [1.54, 1.807) is 0 Å². The highest BCUT2D eigenvalue weighted by molar-refractivity contribution is 5.52. The van der Waals surface area contributed by atoms with E-state index >= 15 is 0 Å². The van der Waals surface area contributed by atoms with Gasteiger partial charge in [0, 0.05) is 6.07 Å². The average Bonchev–Trinajstić information content (AvgIpc) is 2.26. The van der Waals surface area contributed by atoms with Gasteiger partial charge in [0.2, 0.25) is 5.95 Å². The van der Waals surface area contributed by atoms with Gasteiger partial charge >= 0.3 is 0 Å². The van der Waals surface area contributed by atoms with Crippen LogP contribution in [0.5, 0.6) is 0 Å². The molecule has 102 valence electrons. The van der Waals surface area contributed by atoms with Crippen LogP contribution in [-0.2, 0) is 0 Å². The monoisotopic (exact) mass is 259 g/mol. The minimum atomic E-state index is -0.222. The number of aromatic nitrogens is 2. The van der Waals surface area contributed by atoms with Crippen LogP contribution in [0.15, 0.2) is 28.1 Å². The Hall–Kier alpha value is -1.84. The Labute approximate surface area is 113 Å². The minimum absolute atomic E-state index is 0.153. The average molecular weight is 259 g/mol. The van der Waals surface area contributed by atoms with Gasteiger partial charge in [-0.1, -0.05) is 25.5 Å². The van der Waals surface area contributed by atoms with Gasteiger partial charge in [-0.05, 0) is 43.3 Å². The first kappa shape index (κ1) is 13.6. The first-order valence-corrected chi connectivity index (χ1v) is 6.64. The maximum absolute atomic E-state index is 11.3. The zero-order valence-electron chi connectivity index (χ0n) is 11.8. The number of hydrogen-bond donors (Lipinski definition) is 2. The van der Waals surface area contributed by atoms with E-state index in [0.29, 0.717) is 5.69 Å². The Balaban J connectivity index is 2.34. The number of hydrogen-bond acceptors (Lipinski definition) is 3. The first-order chi connectivity index (χ1) is 8.88. The number of rotatable bonds is 2. The molecule has 0 unspecified atom stereocenters. The molecule has 0 aromatic carbocycles. The van der Waals surface area contributed by atoms with Gasteiger partial charge in [0.05, 0.1) is 5.69 Å². The number of nitrogens with one attached hydrogen (secondary N) is 1. The molecule has 1 heterocycles. The van der Waals surface area contributed by atoms with Crippen molar-refractivity contribution in [2.45, 2.75) is 40.0 Å². The lowest BCUT2D eigenvalue weighted by Crippen LogP contribution is -2.19. The molecule has 0 aliphatic heterocycles. The molecule has 0 amide bonds. The summed E-state index contributed by atoms with van der Waals surface area (Å²) in [5, 5.41) is 0. The molecule has 1 aromatic rings. The van der Waals surface area contributed by atoms with Crippen molar-refractivity contribution in [3.8, 4) is 0 Å². The van der Waals surface area contributed by atoms with Crippen LogP contribution < -0.4 is 11.3 Å². The molecule has 1 aliphatic rings. The van der Waals surface area contributed by atoms with Crippen molar-refractivity contribution in [1.82, 2.24) is 9.97 Å². The minimum Gasteiger partial charge on any atom is -0.369 e. The lowest BCUT2D eigenvalue weighted by atomic mass is 9.72. The second-order valence-electron chi connectivity index (χ2n) is 5.82. The lowest BCUT2D eigenvalue weighted by Gasteiger charge is -2.32. The summed E-state index contributed by atoms with van der Waals surface area (Å²) in [7, 11) is 0. The predicted molar refractivity (Wildman–Crippen MR) is 78.6 cm³/mol. The molecule has 1 aromatic heterocycles. The molecule has 2 rings (SSSR count). The summed E-state index contributed by atoms with van der Waals surface area (Å²) in [5.74, 6) is 0.153. The molecule has 1 aliphatic carbocycles. The van der Waals surface area contributed by atoms with Gasteiger partial charge in [0.1, 0.15) is 0 Å². The lowest BCUT2D eigenvalue weighted by molar-refractivity contribution is 0.377. The number of anilines is 1. The number of nitrogens with two attached hydrogens (primary N) is 1. The second-order valence-corrected chi connectivity index (χ2v) is 5.82. The van der Waals surface area contributed by atoms with E-state index < -0.39 is 0 Å². The number of nitrogens with zero attached hydrogens (tertiary/aromatic N) is 1. The molecular formula is C15H21N3O. The maximum Gasteiger partial charge on any atom is 0.252 e. The third-order valence-corrected chi connectivity index (χ3v) is 3.74. The summed E-state index contributed by atoms with van der Waals surface area (Å²) in [6.45, 7) is 6.70. The third-order valence-electron chi connectivity index (χ3n) is 3.74. The van der Waals surface area contributed by atoms with E-state index in [2.05, 4.69) is 36.8 Å². The zero-order chi connectivity index (χ0) is 14.0. The standard InChI is InChI=1S/C15H21N3O/c1-10-5-4-8-15(2,3)12(10)7-6-11-9-13(19)18-14(16)17-11/h6-7,9H,4-5,8H2,1-3H3,(H3,16,17,18,19)/b7-6+. The Morgan fingerprint density at radius 3 is 2.79 bits per heavy atom. The normalized spacial score (nSPS) is 19.1. The Morgan fingerprint density at radius 2 is 2.16 bits per heavy atom. The van der Waals surface area contributed by atoms with E-state index in [1.807, 2.05) is 6.08 Å². The molecule has 3 N–H and O–H groups in total. The summed E-state index contributed by atoms with van der Waals surface area (Å²) in [6.07, 6.45) is 7.53. The molecule has 0 radical (unpaired) electrons. The fourth-order valence-electron chi connectivity index (χ4n) is 2.76. The van der Waals surface area contributed by atoms with Crippen molar-refractivity contribution in [2.24, 2.45) is 5.41 Å². The van der Waals surface area contributed by atoms with Crippen LogP contribution in [0.4, 0.5) is 5.95 Å². The van der Waals surface area contributed by atoms with Crippen LogP contribution in [0.25, 0.3) is 6.08 Å². The topological polar surface area (TPSA) is 71.8 Å². The van der Waals surface area contributed by atoms with Crippen molar-refractivity contribution in [1.29, 1.82) is 0 Å². The summed E-state index contributed by atoms with van der Waals surface area (Å²) >= 11 is 0. The van der Waals surface area contributed by atoms with Gasteiger partial charge in [0.25, 0.3) is 5.56 Å². The number of H-pyrrole nitrogens is 1. The molecule has 0 atom stereocenters. The van der Waals surface area contributed by atoms with Crippen molar-refractivity contribution in [2.75, 3.05) is 5.73 Å². The second kappa shape index (κ2) is 5.03. The smallest absolute Gasteiger partial charge is 0.252 e. The fraction of sp³-hybridized carbons (Fsp3) is 0.467. The third kappa shape index (κ3) is 3.13. The molecule has 0 bridgehead atoms. The van der Waals surface area contributed by atoms with Crippen molar-refractivity contribution in [3.05, 3.63) is 39.3 Å². The summed E-state index contributed by atoms with van der Waals surface area (Å²) in [4.78, 5) is 17.9. The van der Waals surface area contributed by atoms with Crippen LogP contribution >= 0.6 is 0 Å². The fourth-order valence-corrected chi connectivity index (χ4v) is 2.76. The van der Waals surface area contributed by atoms with E-state index in [9.17, 15) is 4.79 Å². The van der Waals surface area contributed by atoms with E-state index in [0.717, 1.165) is 6.42 Å². The van der Waals surface area contributed by atoms with Gasteiger partial charge in [0.15, 0.2) is 0 Å². The molecule has 0 saturated carbocycles. The highest BCUT2D eigenvalue weighted by atomic mass is 16.1. The number of nitrogen functional groups attached to an aromatic ring is 1. The van der Waals surface area contributed by atoms with Gasteiger partial charge < -0.3 is 5.73 Å². The summed E-state index contributed by atoms with van der Waals surface area (Å²) in [5.41, 5.74) is 8.87. The van der Waals surface area contributed by atoms with Crippen molar-refractivity contribution >= 4 is 12.0 Å². The van der Waals surface area contributed by atoms with Gasteiger partial charge in [-0.2, -0.15) is 0 Å². The van der Waals surface area contributed by atoms with Crippen LogP contribution in [0.1, 0.15) is 45.7 Å². The van der Waals surface area contributed by atoms with E-state index in [-0.39, 0.29) is 16.9 Å². The largest absolute Gasteiger partial charge is 0.369 e. The maximum atomic E-state index is 11.3. The van der Waals surface area contributed by atoms with Crippen LogP contribution in [-0.4, -0.2) is 9.97 Å². The Bertz CT molecular complexity index is 594. The summed E-state index contributed by atoms with van der Waals surface area (Å²) in [6, 6.07) is 1.46. The Morgan fingerprint density at radius 1 is 1.42 bits per heavy atom. The van der Waals surface area contributed by atoms with Crippen molar-refractivity contribution < 1.29 is 0 Å². The van der Waals surface area contributed by atoms with Crippen LogP contribution in [0.2, 0.25) is 0 Å². The molecule has 19 heavy (non-hydrogen) atoms. The van der Waals surface area contributed by atoms with Crippen LogP contribution in [0.3, 0.4) is 0 Å². The van der Waals surface area contributed by atoms with E-state index in [1.165, 1.54) is 30.1 Å². The molecule has 0 fully saturated rings. The molecule has 0 spiro atoms. The highest BCUT2D eigenvalue weighted by Crippen LogP contribution is 2.40. The van der Waals surface area contributed by atoms with Gasteiger partial charge in [-0.3, -0.25) is 9.78 Å². The van der Waals surface area contributed by atoms with E-state index in [4.69, 9.17) is 5.73 Å². The quantitative estimate of drug-likeness (QED) is 0.857. The molecule has 0 saturated heterocycles.